The Labute approximate surface area is 104 Å². The van der Waals surface area contributed by atoms with Gasteiger partial charge in [-0.25, -0.2) is 4.39 Å². The van der Waals surface area contributed by atoms with Crippen LogP contribution in [0.3, 0.4) is 0 Å². The van der Waals surface area contributed by atoms with Gasteiger partial charge >= 0.3 is 0 Å². The summed E-state index contributed by atoms with van der Waals surface area (Å²) in [5.74, 6) is -0.111. The molecule has 2 N–H and O–H groups in total. The number of nitrogens with zero attached hydrogens (tertiary/aromatic N) is 2. The Morgan fingerprint density at radius 3 is 2.44 bits per heavy atom. The van der Waals surface area contributed by atoms with Gasteiger partial charge in [-0.15, -0.1) is 0 Å². The van der Waals surface area contributed by atoms with Crippen LogP contribution in [-0.2, 0) is 13.5 Å². The van der Waals surface area contributed by atoms with Crippen molar-refractivity contribution in [3.63, 3.8) is 0 Å². The Morgan fingerprint density at radius 1 is 1.56 bits per heavy atom. The number of hydrogen-bond acceptors (Lipinski definition) is 2. The second-order valence-electron chi connectivity index (χ2n) is 4.54. The Hall–Kier alpha value is -0.420. The van der Waals surface area contributed by atoms with Crippen LogP contribution in [0.15, 0.2) is 4.47 Å². The molecule has 0 bridgehead atoms. The van der Waals surface area contributed by atoms with Gasteiger partial charge in [-0.2, -0.15) is 5.10 Å². The number of aromatic nitrogens is 2. The summed E-state index contributed by atoms with van der Waals surface area (Å²) in [6.07, 6.45) is 0.291. The van der Waals surface area contributed by atoms with E-state index in [9.17, 15) is 4.39 Å². The summed E-state index contributed by atoms with van der Waals surface area (Å²) in [7, 11) is 1.82. The fourth-order valence-corrected chi connectivity index (χ4v) is 2.14. The zero-order chi connectivity index (χ0) is 12.5. The van der Waals surface area contributed by atoms with Gasteiger partial charge in [0, 0.05) is 20.0 Å². The fourth-order valence-electron chi connectivity index (χ4n) is 1.66. The predicted molar refractivity (Wildman–Crippen MR) is 67.1 cm³/mol. The molecular formula is C11H19BrFN3. The van der Waals surface area contributed by atoms with Crippen LogP contribution in [-0.4, -0.2) is 22.0 Å². The van der Waals surface area contributed by atoms with Gasteiger partial charge in [-0.1, -0.05) is 13.8 Å². The lowest BCUT2D eigenvalue weighted by atomic mass is 9.88. The maximum Gasteiger partial charge on any atom is 0.131 e. The average molecular weight is 292 g/mol. The van der Waals surface area contributed by atoms with Crippen LogP contribution in [0.2, 0.25) is 0 Å². The first kappa shape index (κ1) is 13.6. The van der Waals surface area contributed by atoms with Crippen LogP contribution in [0.1, 0.15) is 25.2 Å². The van der Waals surface area contributed by atoms with E-state index in [0.717, 1.165) is 15.9 Å². The molecule has 1 heterocycles. The molecule has 1 aromatic heterocycles. The maximum atomic E-state index is 14.5. The van der Waals surface area contributed by atoms with Gasteiger partial charge in [0.1, 0.15) is 5.67 Å². The summed E-state index contributed by atoms with van der Waals surface area (Å²) in [5.41, 5.74) is 5.91. The largest absolute Gasteiger partial charge is 0.328 e. The standard InChI is InChI=1S/C11H19BrFN3/c1-7(2)11(13,6-14)5-9-10(12)8(3)15-16(9)4/h7H,5-6,14H2,1-4H3. The van der Waals surface area contributed by atoms with E-state index in [1.165, 1.54) is 0 Å². The highest BCUT2D eigenvalue weighted by Crippen LogP contribution is 2.30. The van der Waals surface area contributed by atoms with Crippen LogP contribution in [0.5, 0.6) is 0 Å². The van der Waals surface area contributed by atoms with Crippen molar-refractivity contribution >= 4 is 15.9 Å². The van der Waals surface area contributed by atoms with Crippen molar-refractivity contribution in [2.24, 2.45) is 18.7 Å². The van der Waals surface area contributed by atoms with Crippen molar-refractivity contribution < 1.29 is 4.39 Å². The lowest BCUT2D eigenvalue weighted by Crippen LogP contribution is -2.41. The van der Waals surface area contributed by atoms with Crippen LogP contribution in [0, 0.1) is 12.8 Å². The molecule has 0 aromatic carbocycles. The molecule has 0 fully saturated rings. The molecule has 1 aromatic rings. The fraction of sp³-hybridized carbons (Fsp3) is 0.727. The maximum absolute atomic E-state index is 14.5. The molecule has 0 aliphatic carbocycles. The normalized spacial score (nSPS) is 15.5. The van der Waals surface area contributed by atoms with Gasteiger partial charge in [-0.3, -0.25) is 4.68 Å². The van der Waals surface area contributed by atoms with E-state index in [1.807, 2.05) is 27.8 Å². The van der Waals surface area contributed by atoms with Gasteiger partial charge < -0.3 is 5.73 Å². The second-order valence-corrected chi connectivity index (χ2v) is 5.33. The zero-order valence-electron chi connectivity index (χ0n) is 10.2. The summed E-state index contributed by atoms with van der Waals surface area (Å²) in [5, 5.41) is 4.25. The molecule has 0 amide bonds. The summed E-state index contributed by atoms with van der Waals surface area (Å²) >= 11 is 3.44. The van der Waals surface area contributed by atoms with Crippen molar-refractivity contribution in [1.82, 2.24) is 9.78 Å². The van der Waals surface area contributed by atoms with Crippen LogP contribution < -0.4 is 5.73 Å². The highest BCUT2D eigenvalue weighted by Gasteiger charge is 2.34. The topological polar surface area (TPSA) is 43.8 Å². The van der Waals surface area contributed by atoms with Crippen molar-refractivity contribution in [3.8, 4) is 0 Å². The predicted octanol–water partition coefficient (Wildman–Crippen LogP) is 2.36. The lowest BCUT2D eigenvalue weighted by molar-refractivity contribution is 0.108. The minimum atomic E-state index is -1.37. The minimum Gasteiger partial charge on any atom is -0.328 e. The molecule has 0 radical (unpaired) electrons. The van der Waals surface area contributed by atoms with E-state index in [2.05, 4.69) is 21.0 Å². The molecule has 0 aliphatic rings. The van der Waals surface area contributed by atoms with Crippen LogP contribution >= 0.6 is 15.9 Å². The highest BCUT2D eigenvalue weighted by molar-refractivity contribution is 9.10. The highest BCUT2D eigenvalue weighted by atomic mass is 79.9. The van der Waals surface area contributed by atoms with Crippen LogP contribution in [0.25, 0.3) is 0 Å². The first-order valence-corrected chi connectivity index (χ1v) is 6.18. The van der Waals surface area contributed by atoms with E-state index in [-0.39, 0.29) is 12.5 Å². The SMILES string of the molecule is Cc1nn(C)c(CC(F)(CN)C(C)C)c1Br. The van der Waals surface area contributed by atoms with Gasteiger partial charge in [-0.05, 0) is 28.8 Å². The number of nitrogens with two attached hydrogens (primary N) is 1. The molecule has 0 spiro atoms. The van der Waals surface area contributed by atoms with E-state index >= 15 is 0 Å². The molecule has 3 nitrogen and oxygen atoms in total. The quantitative estimate of drug-likeness (QED) is 0.925. The number of rotatable bonds is 4. The van der Waals surface area contributed by atoms with Crippen molar-refractivity contribution in [1.29, 1.82) is 0 Å². The monoisotopic (exact) mass is 291 g/mol. The molecule has 1 atom stereocenters. The van der Waals surface area contributed by atoms with Crippen molar-refractivity contribution in [2.45, 2.75) is 32.9 Å². The van der Waals surface area contributed by atoms with E-state index in [0.29, 0.717) is 6.42 Å². The molecule has 92 valence electrons. The first-order valence-electron chi connectivity index (χ1n) is 5.38. The molecular weight excluding hydrogens is 273 g/mol. The summed E-state index contributed by atoms with van der Waals surface area (Å²) in [6.45, 7) is 5.63. The molecule has 5 heteroatoms. The summed E-state index contributed by atoms with van der Waals surface area (Å²) in [6, 6.07) is 0. The third-order valence-corrected chi connectivity index (χ3v) is 4.13. The average Bonchev–Trinajstić information content (AvgIpc) is 2.44. The minimum absolute atomic E-state index is 0.0291. The number of halogens is 2. The third kappa shape index (κ3) is 2.46. The molecule has 1 rings (SSSR count). The summed E-state index contributed by atoms with van der Waals surface area (Å²) < 4.78 is 17.1. The molecule has 1 unspecified atom stereocenters. The smallest absolute Gasteiger partial charge is 0.131 e. The number of alkyl halides is 1. The molecule has 0 aliphatic heterocycles. The van der Waals surface area contributed by atoms with Crippen molar-refractivity contribution in [3.05, 3.63) is 15.9 Å². The Morgan fingerprint density at radius 2 is 2.12 bits per heavy atom. The Bertz CT molecular complexity index is 376. The van der Waals surface area contributed by atoms with Gasteiger partial charge in [0.05, 0.1) is 15.9 Å². The van der Waals surface area contributed by atoms with Crippen molar-refractivity contribution in [2.75, 3.05) is 6.54 Å². The van der Waals surface area contributed by atoms with E-state index in [1.54, 1.807) is 4.68 Å². The lowest BCUT2D eigenvalue weighted by Gasteiger charge is -2.28. The van der Waals surface area contributed by atoms with Gasteiger partial charge in [0.15, 0.2) is 0 Å². The van der Waals surface area contributed by atoms with Gasteiger partial charge in [0.25, 0.3) is 0 Å². The third-order valence-electron chi connectivity index (χ3n) is 3.10. The van der Waals surface area contributed by atoms with E-state index in [4.69, 9.17) is 5.73 Å². The van der Waals surface area contributed by atoms with E-state index < -0.39 is 5.67 Å². The molecule has 16 heavy (non-hydrogen) atoms. The second kappa shape index (κ2) is 4.84. The molecule has 0 saturated heterocycles. The zero-order valence-corrected chi connectivity index (χ0v) is 11.8. The summed E-state index contributed by atoms with van der Waals surface area (Å²) in [4.78, 5) is 0. The first-order chi connectivity index (χ1) is 7.31. The van der Waals surface area contributed by atoms with Crippen LogP contribution in [0.4, 0.5) is 4.39 Å². The Kier molecular flexibility index (Phi) is 4.12. The molecule has 0 saturated carbocycles. The number of aryl methyl sites for hydroxylation is 2. The Balaban J connectivity index is 3.03. The van der Waals surface area contributed by atoms with Gasteiger partial charge in [0.2, 0.25) is 0 Å². The number of hydrogen-bond donors (Lipinski definition) is 1.